The van der Waals surface area contributed by atoms with Crippen molar-refractivity contribution in [1.29, 1.82) is 0 Å². The molecule has 44 heavy (non-hydrogen) atoms. The first-order valence-electron chi connectivity index (χ1n) is 15.4. The number of hydrogen-bond donors (Lipinski definition) is 2. The topological polar surface area (TPSA) is 99.0 Å². The monoisotopic (exact) mass is 597 g/mol. The Balaban J connectivity index is 1.65. The standard InChI is InChI=1S/C36H47N5O3/c1-35(2,37)20-11-17-32(42)40(5)31(24-28-18-19-29-15-9-10-16-30(29)23-28)33(43)41-22-12-21-36(26-41,34(44)38-39(3)4)25-27-13-7-6-8-14-27/h6-11,13-19,23,31H,12,20-22,24-26,37H2,1-5H3,(H,38,44)/b17-11+. The second-order valence-corrected chi connectivity index (χ2v) is 13.1. The van der Waals surface area contributed by atoms with E-state index in [1.54, 1.807) is 37.1 Å². The molecule has 1 aliphatic heterocycles. The first-order valence-corrected chi connectivity index (χ1v) is 15.4. The number of carbonyl (C=O) groups is 3. The van der Waals surface area contributed by atoms with Gasteiger partial charge in [-0.3, -0.25) is 19.8 Å². The third-order valence-electron chi connectivity index (χ3n) is 8.33. The summed E-state index contributed by atoms with van der Waals surface area (Å²) >= 11 is 0. The number of amides is 3. The van der Waals surface area contributed by atoms with E-state index in [1.165, 1.54) is 11.0 Å². The van der Waals surface area contributed by atoms with Crippen LogP contribution in [-0.2, 0) is 27.2 Å². The van der Waals surface area contributed by atoms with Crippen LogP contribution in [0.15, 0.2) is 84.9 Å². The highest BCUT2D eigenvalue weighted by Crippen LogP contribution is 2.35. The zero-order chi connectivity index (χ0) is 31.9. The number of benzene rings is 3. The quantitative estimate of drug-likeness (QED) is 0.253. The van der Waals surface area contributed by atoms with Crippen LogP contribution in [0.4, 0.5) is 0 Å². The van der Waals surface area contributed by atoms with Crippen LogP contribution in [0.1, 0.15) is 44.2 Å². The molecule has 2 atom stereocenters. The largest absolute Gasteiger partial charge is 0.340 e. The zero-order valence-corrected chi connectivity index (χ0v) is 26.8. The average molecular weight is 598 g/mol. The Kier molecular flexibility index (Phi) is 10.6. The van der Waals surface area contributed by atoms with Crippen LogP contribution in [0.2, 0.25) is 0 Å². The minimum absolute atomic E-state index is 0.105. The molecule has 0 aliphatic carbocycles. The van der Waals surface area contributed by atoms with Crippen molar-refractivity contribution in [1.82, 2.24) is 20.2 Å². The number of nitrogens with zero attached hydrogens (tertiary/aromatic N) is 3. The van der Waals surface area contributed by atoms with Crippen molar-refractivity contribution >= 4 is 28.5 Å². The van der Waals surface area contributed by atoms with Crippen molar-refractivity contribution in [2.24, 2.45) is 11.1 Å². The van der Waals surface area contributed by atoms with E-state index in [0.29, 0.717) is 38.6 Å². The highest BCUT2D eigenvalue weighted by Gasteiger charge is 2.45. The number of hydrazine groups is 1. The van der Waals surface area contributed by atoms with Crippen molar-refractivity contribution in [3.63, 3.8) is 0 Å². The Morgan fingerprint density at radius 1 is 0.977 bits per heavy atom. The Labute approximate surface area is 261 Å². The maximum Gasteiger partial charge on any atom is 0.246 e. The smallest absolute Gasteiger partial charge is 0.246 e. The van der Waals surface area contributed by atoms with Gasteiger partial charge in [0.25, 0.3) is 0 Å². The molecule has 1 saturated heterocycles. The van der Waals surface area contributed by atoms with Gasteiger partial charge in [-0.25, -0.2) is 5.01 Å². The minimum Gasteiger partial charge on any atom is -0.340 e. The van der Waals surface area contributed by atoms with E-state index in [1.807, 2.05) is 68.4 Å². The minimum atomic E-state index is -0.803. The molecule has 0 bridgehead atoms. The third-order valence-corrected chi connectivity index (χ3v) is 8.33. The normalized spacial score (nSPS) is 18.0. The lowest BCUT2D eigenvalue weighted by Gasteiger charge is -2.44. The van der Waals surface area contributed by atoms with Crippen LogP contribution < -0.4 is 11.2 Å². The van der Waals surface area contributed by atoms with Gasteiger partial charge in [-0.05, 0) is 67.5 Å². The summed E-state index contributed by atoms with van der Waals surface area (Å²) in [6, 6.07) is 23.5. The van der Waals surface area contributed by atoms with Crippen LogP contribution in [0, 0.1) is 5.41 Å². The van der Waals surface area contributed by atoms with E-state index < -0.39 is 17.0 Å². The maximum atomic E-state index is 14.5. The molecule has 0 spiro atoms. The molecule has 8 nitrogen and oxygen atoms in total. The number of likely N-dealkylation sites (tertiary alicyclic amines) is 1. The summed E-state index contributed by atoms with van der Waals surface area (Å²) in [5.41, 5.74) is 9.84. The highest BCUT2D eigenvalue weighted by molar-refractivity contribution is 5.93. The number of likely N-dealkylation sites (N-methyl/N-ethyl adjacent to an activating group) is 1. The Bertz CT molecular complexity index is 1480. The lowest BCUT2D eigenvalue weighted by molar-refractivity contribution is -0.149. The first-order chi connectivity index (χ1) is 20.9. The van der Waals surface area contributed by atoms with Gasteiger partial charge in [-0.15, -0.1) is 0 Å². The van der Waals surface area contributed by atoms with Crippen LogP contribution in [0.3, 0.4) is 0 Å². The molecule has 2 unspecified atom stereocenters. The molecule has 3 aromatic rings. The average Bonchev–Trinajstić information content (AvgIpc) is 2.98. The van der Waals surface area contributed by atoms with E-state index in [9.17, 15) is 14.4 Å². The van der Waals surface area contributed by atoms with Crippen LogP contribution in [-0.4, -0.2) is 78.3 Å². The molecule has 1 fully saturated rings. The zero-order valence-electron chi connectivity index (χ0n) is 26.8. The van der Waals surface area contributed by atoms with E-state index in [0.717, 1.165) is 21.9 Å². The highest BCUT2D eigenvalue weighted by atomic mass is 16.2. The van der Waals surface area contributed by atoms with Crippen molar-refractivity contribution < 1.29 is 14.4 Å². The molecule has 4 rings (SSSR count). The fraction of sp³-hybridized carbons (Fsp3) is 0.417. The van der Waals surface area contributed by atoms with Gasteiger partial charge < -0.3 is 15.5 Å². The summed E-state index contributed by atoms with van der Waals surface area (Å²) in [7, 11) is 5.27. The van der Waals surface area contributed by atoms with Gasteiger partial charge in [0, 0.05) is 46.2 Å². The van der Waals surface area contributed by atoms with Crippen LogP contribution in [0.25, 0.3) is 10.8 Å². The van der Waals surface area contributed by atoms with Gasteiger partial charge in [0.2, 0.25) is 17.7 Å². The number of fused-ring (bicyclic) bond motifs is 1. The third kappa shape index (κ3) is 8.55. The molecule has 234 valence electrons. The Morgan fingerprint density at radius 2 is 1.66 bits per heavy atom. The van der Waals surface area contributed by atoms with E-state index in [-0.39, 0.29) is 24.3 Å². The molecule has 8 heteroatoms. The molecule has 3 aromatic carbocycles. The molecule has 1 aliphatic rings. The fourth-order valence-corrected chi connectivity index (χ4v) is 5.96. The molecule has 3 amide bonds. The molecular formula is C36H47N5O3. The van der Waals surface area contributed by atoms with Crippen LogP contribution >= 0.6 is 0 Å². The first kappa shape index (κ1) is 32.9. The fourth-order valence-electron chi connectivity index (χ4n) is 5.96. The van der Waals surface area contributed by atoms with Gasteiger partial charge in [-0.2, -0.15) is 0 Å². The number of rotatable bonds is 11. The van der Waals surface area contributed by atoms with E-state index in [2.05, 4.69) is 23.6 Å². The SMILES string of the molecule is CN(C)NC(=O)C1(Cc2ccccc2)CCCN(C(=O)C(Cc2ccc3ccccc3c2)N(C)C(=O)/C=C/CC(C)(C)N)C1. The Morgan fingerprint density at radius 3 is 2.34 bits per heavy atom. The summed E-state index contributed by atoms with van der Waals surface area (Å²) in [6.07, 6.45) is 6.03. The number of piperidine rings is 1. The summed E-state index contributed by atoms with van der Waals surface area (Å²) in [6.45, 7) is 4.61. The van der Waals surface area contributed by atoms with Crippen molar-refractivity contribution in [3.8, 4) is 0 Å². The van der Waals surface area contributed by atoms with E-state index >= 15 is 0 Å². The maximum absolute atomic E-state index is 14.5. The number of nitrogens with two attached hydrogens (primary N) is 1. The van der Waals surface area contributed by atoms with Crippen molar-refractivity contribution in [3.05, 3.63) is 96.1 Å². The van der Waals surface area contributed by atoms with Gasteiger partial charge in [-0.1, -0.05) is 78.9 Å². The van der Waals surface area contributed by atoms with Crippen LogP contribution in [0.5, 0.6) is 0 Å². The number of hydrogen-bond acceptors (Lipinski definition) is 5. The molecule has 0 saturated carbocycles. The van der Waals surface area contributed by atoms with Gasteiger partial charge in [0.15, 0.2) is 0 Å². The van der Waals surface area contributed by atoms with Crippen molar-refractivity contribution in [2.45, 2.75) is 57.5 Å². The molecule has 0 aromatic heterocycles. The van der Waals surface area contributed by atoms with Gasteiger partial charge in [0.1, 0.15) is 6.04 Å². The van der Waals surface area contributed by atoms with E-state index in [4.69, 9.17) is 5.73 Å². The predicted molar refractivity (Wildman–Crippen MR) is 176 cm³/mol. The molecule has 0 radical (unpaired) electrons. The molecular weight excluding hydrogens is 550 g/mol. The summed E-state index contributed by atoms with van der Waals surface area (Å²) in [5.74, 6) is -0.519. The van der Waals surface area contributed by atoms with Gasteiger partial charge in [0.05, 0.1) is 5.41 Å². The Hall–Kier alpha value is -4.01. The lowest BCUT2D eigenvalue weighted by Crippen LogP contribution is -2.59. The van der Waals surface area contributed by atoms with Crippen molar-refractivity contribution in [2.75, 3.05) is 34.2 Å². The second-order valence-electron chi connectivity index (χ2n) is 13.1. The second kappa shape index (κ2) is 14.2. The lowest BCUT2D eigenvalue weighted by atomic mass is 9.74. The summed E-state index contributed by atoms with van der Waals surface area (Å²) < 4.78 is 0. The number of carbonyl (C=O) groups excluding carboxylic acids is 3. The summed E-state index contributed by atoms with van der Waals surface area (Å²) in [5, 5.41) is 3.85. The summed E-state index contributed by atoms with van der Waals surface area (Å²) in [4.78, 5) is 45.0. The van der Waals surface area contributed by atoms with Gasteiger partial charge >= 0.3 is 0 Å². The number of nitrogens with one attached hydrogen (secondary N) is 1. The molecule has 3 N–H and O–H groups in total. The molecule has 1 heterocycles. The predicted octanol–water partition coefficient (Wildman–Crippen LogP) is 4.34.